The van der Waals surface area contributed by atoms with Crippen LogP contribution >= 0.6 is 11.8 Å². The summed E-state index contributed by atoms with van der Waals surface area (Å²) < 4.78 is 1.85. The quantitative estimate of drug-likeness (QED) is 0.842. The Bertz CT molecular complexity index is 505. The van der Waals surface area contributed by atoms with Crippen LogP contribution in [-0.2, 0) is 13.6 Å². The lowest BCUT2D eigenvalue weighted by Gasteiger charge is -2.06. The van der Waals surface area contributed by atoms with Gasteiger partial charge in [-0.25, -0.2) is 0 Å². The van der Waals surface area contributed by atoms with Crippen molar-refractivity contribution >= 4 is 17.4 Å². The molecule has 2 rings (SSSR count). The summed E-state index contributed by atoms with van der Waals surface area (Å²) in [5, 5.41) is 7.75. The number of benzene rings is 1. The minimum Gasteiger partial charge on any atom is -0.381 e. The number of hydrogen-bond donors (Lipinski definition) is 1. The van der Waals surface area contributed by atoms with E-state index in [0.29, 0.717) is 0 Å². The van der Waals surface area contributed by atoms with Crippen molar-refractivity contribution in [2.45, 2.75) is 18.4 Å². The average Bonchev–Trinajstić information content (AvgIpc) is 2.65. The molecule has 0 aliphatic heterocycles. The van der Waals surface area contributed by atoms with Crippen molar-refractivity contribution in [3.63, 3.8) is 0 Å². The van der Waals surface area contributed by atoms with Gasteiger partial charge in [-0.3, -0.25) is 4.68 Å². The monoisotopic (exact) mass is 247 g/mol. The molecule has 0 fully saturated rings. The summed E-state index contributed by atoms with van der Waals surface area (Å²) in [6.45, 7) is 2.85. The smallest absolute Gasteiger partial charge is 0.0643 e. The molecule has 90 valence electrons. The molecule has 4 heteroatoms. The summed E-state index contributed by atoms with van der Waals surface area (Å²) in [5.41, 5.74) is 3.48. The Morgan fingerprint density at radius 1 is 1.41 bits per heavy atom. The van der Waals surface area contributed by atoms with Crippen LogP contribution < -0.4 is 5.32 Å². The van der Waals surface area contributed by atoms with E-state index in [1.54, 1.807) is 11.8 Å². The van der Waals surface area contributed by atoms with Crippen LogP contribution in [0.4, 0.5) is 5.69 Å². The summed E-state index contributed by atoms with van der Waals surface area (Å²) in [6.07, 6.45) is 4.14. The maximum absolute atomic E-state index is 4.33. The number of thioether (sulfide) groups is 1. The van der Waals surface area contributed by atoms with Crippen LogP contribution in [0.15, 0.2) is 35.4 Å². The van der Waals surface area contributed by atoms with Crippen LogP contribution in [0.1, 0.15) is 11.3 Å². The number of rotatable bonds is 4. The van der Waals surface area contributed by atoms with Gasteiger partial charge in [0, 0.05) is 35.9 Å². The van der Waals surface area contributed by atoms with E-state index in [-0.39, 0.29) is 0 Å². The van der Waals surface area contributed by atoms with Gasteiger partial charge >= 0.3 is 0 Å². The van der Waals surface area contributed by atoms with Gasteiger partial charge in [-0.2, -0.15) is 5.10 Å². The number of anilines is 1. The van der Waals surface area contributed by atoms with Crippen LogP contribution in [0.5, 0.6) is 0 Å². The predicted octanol–water partition coefficient (Wildman–Crippen LogP) is 3.06. The topological polar surface area (TPSA) is 29.9 Å². The second-order valence-electron chi connectivity index (χ2n) is 4.00. The molecule has 1 aromatic heterocycles. The van der Waals surface area contributed by atoms with Crippen LogP contribution in [0.2, 0.25) is 0 Å². The molecule has 0 aliphatic rings. The molecule has 0 saturated heterocycles. The maximum Gasteiger partial charge on any atom is 0.0643 e. The molecule has 17 heavy (non-hydrogen) atoms. The average molecular weight is 247 g/mol. The number of nitrogens with zero attached hydrogens (tertiary/aromatic N) is 2. The van der Waals surface area contributed by atoms with Gasteiger partial charge in [-0.05, 0) is 31.4 Å². The zero-order valence-corrected chi connectivity index (χ0v) is 11.2. The predicted molar refractivity (Wildman–Crippen MR) is 73.5 cm³/mol. The van der Waals surface area contributed by atoms with Gasteiger partial charge in [-0.15, -0.1) is 11.8 Å². The van der Waals surface area contributed by atoms with E-state index in [0.717, 1.165) is 17.9 Å². The molecule has 0 saturated carbocycles. The highest BCUT2D eigenvalue weighted by Crippen LogP contribution is 2.19. The van der Waals surface area contributed by atoms with E-state index in [1.807, 2.05) is 18.7 Å². The Balaban J connectivity index is 2.04. The third-order valence-electron chi connectivity index (χ3n) is 2.67. The Labute approximate surface area is 106 Å². The van der Waals surface area contributed by atoms with Crippen LogP contribution in [0.3, 0.4) is 0 Å². The highest BCUT2D eigenvalue weighted by molar-refractivity contribution is 7.98. The first-order chi connectivity index (χ1) is 8.19. The van der Waals surface area contributed by atoms with Gasteiger partial charge in [0.1, 0.15) is 0 Å². The zero-order valence-electron chi connectivity index (χ0n) is 10.4. The van der Waals surface area contributed by atoms with Crippen molar-refractivity contribution in [3.8, 4) is 0 Å². The minimum absolute atomic E-state index is 0.817. The maximum atomic E-state index is 4.33. The number of nitrogens with one attached hydrogen (secondary N) is 1. The lowest BCUT2D eigenvalue weighted by atomic mass is 10.2. The summed E-state index contributed by atoms with van der Waals surface area (Å²) >= 11 is 1.76. The molecule has 3 nitrogen and oxygen atoms in total. The normalized spacial score (nSPS) is 10.5. The van der Waals surface area contributed by atoms with Crippen molar-refractivity contribution < 1.29 is 0 Å². The first kappa shape index (κ1) is 12.0. The molecule has 0 radical (unpaired) electrons. The first-order valence-electron chi connectivity index (χ1n) is 5.56. The zero-order chi connectivity index (χ0) is 12.3. The SMILES string of the molecule is CSc1cccc(NCc2cn(C)nc2C)c1. The van der Waals surface area contributed by atoms with Gasteiger partial charge < -0.3 is 5.32 Å². The molecule has 0 unspecified atom stereocenters. The van der Waals surface area contributed by atoms with Crippen molar-refractivity contribution in [2.75, 3.05) is 11.6 Å². The molecule has 1 N–H and O–H groups in total. The van der Waals surface area contributed by atoms with Crippen molar-refractivity contribution in [1.82, 2.24) is 9.78 Å². The number of aryl methyl sites for hydroxylation is 2. The minimum atomic E-state index is 0.817. The Hall–Kier alpha value is -1.42. The van der Waals surface area contributed by atoms with Gasteiger partial charge in [-0.1, -0.05) is 6.07 Å². The molecular formula is C13H17N3S. The summed E-state index contributed by atoms with van der Waals surface area (Å²) in [7, 11) is 1.95. The molecule has 1 aromatic carbocycles. The highest BCUT2D eigenvalue weighted by Gasteiger charge is 2.02. The molecular weight excluding hydrogens is 230 g/mol. The van der Waals surface area contributed by atoms with Gasteiger partial charge in [0.05, 0.1) is 5.69 Å². The molecule has 0 amide bonds. The standard InChI is InChI=1S/C13H17N3S/c1-10-11(9-16(2)15-10)8-14-12-5-4-6-13(7-12)17-3/h4-7,9,14H,8H2,1-3H3. The molecule has 2 aromatic rings. The Morgan fingerprint density at radius 2 is 2.24 bits per heavy atom. The molecule has 0 bridgehead atoms. The Morgan fingerprint density at radius 3 is 2.88 bits per heavy atom. The van der Waals surface area contributed by atoms with E-state index in [4.69, 9.17) is 0 Å². The third kappa shape index (κ3) is 3.03. The van der Waals surface area contributed by atoms with Crippen LogP contribution in [0.25, 0.3) is 0 Å². The van der Waals surface area contributed by atoms with E-state index in [2.05, 4.69) is 47.1 Å². The lowest BCUT2D eigenvalue weighted by molar-refractivity contribution is 0.756. The van der Waals surface area contributed by atoms with Gasteiger partial charge in [0.25, 0.3) is 0 Å². The van der Waals surface area contributed by atoms with Crippen molar-refractivity contribution in [1.29, 1.82) is 0 Å². The summed E-state index contributed by atoms with van der Waals surface area (Å²) in [6, 6.07) is 8.44. The van der Waals surface area contributed by atoms with E-state index >= 15 is 0 Å². The van der Waals surface area contributed by atoms with E-state index in [9.17, 15) is 0 Å². The fourth-order valence-corrected chi connectivity index (χ4v) is 2.21. The van der Waals surface area contributed by atoms with Gasteiger partial charge in [0.15, 0.2) is 0 Å². The fourth-order valence-electron chi connectivity index (χ4n) is 1.75. The lowest BCUT2D eigenvalue weighted by Crippen LogP contribution is -1.99. The Kier molecular flexibility index (Phi) is 3.74. The molecule has 0 spiro atoms. The van der Waals surface area contributed by atoms with Crippen LogP contribution in [0, 0.1) is 6.92 Å². The molecule has 1 heterocycles. The van der Waals surface area contributed by atoms with Crippen molar-refractivity contribution in [2.24, 2.45) is 7.05 Å². The van der Waals surface area contributed by atoms with Crippen molar-refractivity contribution in [3.05, 3.63) is 41.7 Å². The molecule has 0 atom stereocenters. The van der Waals surface area contributed by atoms with E-state index < -0.39 is 0 Å². The highest BCUT2D eigenvalue weighted by atomic mass is 32.2. The summed E-state index contributed by atoms with van der Waals surface area (Å²) in [5.74, 6) is 0. The second-order valence-corrected chi connectivity index (χ2v) is 4.88. The third-order valence-corrected chi connectivity index (χ3v) is 3.39. The molecule has 0 aliphatic carbocycles. The fraction of sp³-hybridized carbons (Fsp3) is 0.308. The number of hydrogen-bond acceptors (Lipinski definition) is 3. The first-order valence-corrected chi connectivity index (χ1v) is 6.78. The van der Waals surface area contributed by atoms with Gasteiger partial charge in [0.2, 0.25) is 0 Å². The van der Waals surface area contributed by atoms with Crippen LogP contribution in [-0.4, -0.2) is 16.0 Å². The second kappa shape index (κ2) is 5.27. The summed E-state index contributed by atoms with van der Waals surface area (Å²) in [4.78, 5) is 1.28. The van der Waals surface area contributed by atoms with E-state index in [1.165, 1.54) is 10.5 Å². The largest absolute Gasteiger partial charge is 0.381 e. The number of aromatic nitrogens is 2.